The van der Waals surface area contributed by atoms with Gasteiger partial charge < -0.3 is 44.0 Å². The lowest BCUT2D eigenvalue weighted by atomic mass is 9.88. The Morgan fingerprint density at radius 2 is 1.51 bits per heavy atom. The van der Waals surface area contributed by atoms with Crippen LogP contribution in [0, 0.1) is 0 Å². The third-order valence-corrected chi connectivity index (χ3v) is 6.19. The Hall–Kier alpha value is -1.63. The van der Waals surface area contributed by atoms with Crippen molar-refractivity contribution in [2.45, 2.75) is 56.3 Å². The zero-order chi connectivity index (χ0) is 24.9. The van der Waals surface area contributed by atoms with Crippen LogP contribution in [0.4, 0.5) is 0 Å². The van der Waals surface area contributed by atoms with E-state index in [1.165, 1.54) is 6.92 Å². The number of benzene rings is 1. The molecular weight excluding hydrogens is 458 g/mol. The molecule has 0 unspecified atom stereocenters. The molecule has 0 aliphatic carbocycles. The highest BCUT2D eigenvalue weighted by Crippen LogP contribution is 2.42. The van der Waals surface area contributed by atoms with Gasteiger partial charge in [0.1, 0.15) is 17.8 Å². The van der Waals surface area contributed by atoms with Crippen LogP contribution in [0.15, 0.2) is 30.3 Å². The molecule has 10 heteroatoms. The third-order valence-electron chi connectivity index (χ3n) is 6.19. The second-order valence-corrected chi connectivity index (χ2v) is 8.85. The molecule has 35 heavy (non-hydrogen) atoms. The normalized spacial score (nSPS) is 27.7. The minimum atomic E-state index is -1.13. The SMILES string of the molecule is CC(=O)N[C@@H]1[C@@H](O)[C@@H](O)[C@]2(COCCOCCOCCOCCOCc3ccccc3)CC[C@H]1O2. The molecule has 0 saturated carbocycles. The second-order valence-electron chi connectivity index (χ2n) is 8.85. The molecule has 0 radical (unpaired) electrons. The summed E-state index contributed by atoms with van der Waals surface area (Å²) in [7, 11) is 0. The maximum absolute atomic E-state index is 11.4. The minimum Gasteiger partial charge on any atom is -0.388 e. The van der Waals surface area contributed by atoms with Crippen LogP contribution in [0.5, 0.6) is 0 Å². The number of fused-ring (bicyclic) bond motifs is 2. The predicted octanol–water partition coefficient (Wildman–Crippen LogP) is 0.428. The van der Waals surface area contributed by atoms with E-state index in [2.05, 4.69) is 5.32 Å². The van der Waals surface area contributed by atoms with E-state index in [1.54, 1.807) is 0 Å². The van der Waals surface area contributed by atoms with Crippen LogP contribution in [-0.2, 0) is 39.8 Å². The van der Waals surface area contributed by atoms with Gasteiger partial charge in [0.15, 0.2) is 0 Å². The van der Waals surface area contributed by atoms with Crippen LogP contribution in [-0.4, -0.2) is 106 Å². The number of hydrogen-bond donors (Lipinski definition) is 3. The molecule has 1 amide bonds. The molecule has 1 aromatic rings. The Kier molecular flexibility index (Phi) is 11.8. The first-order valence-corrected chi connectivity index (χ1v) is 12.3. The van der Waals surface area contributed by atoms with Gasteiger partial charge >= 0.3 is 0 Å². The van der Waals surface area contributed by atoms with Crippen LogP contribution >= 0.6 is 0 Å². The Balaban J connectivity index is 1.13. The van der Waals surface area contributed by atoms with Gasteiger partial charge in [-0.1, -0.05) is 30.3 Å². The van der Waals surface area contributed by atoms with Crippen molar-refractivity contribution in [3.05, 3.63) is 35.9 Å². The summed E-state index contributed by atoms with van der Waals surface area (Å²) >= 11 is 0. The minimum absolute atomic E-state index is 0.154. The van der Waals surface area contributed by atoms with Crippen molar-refractivity contribution in [2.75, 3.05) is 59.5 Å². The average molecular weight is 498 g/mol. The molecule has 3 rings (SSSR count). The summed E-state index contributed by atoms with van der Waals surface area (Å²) in [6.45, 7) is 5.76. The van der Waals surface area contributed by atoms with E-state index in [0.717, 1.165) is 5.56 Å². The topological polar surface area (TPSA) is 125 Å². The number of nitrogens with one attached hydrogen (secondary N) is 1. The number of aliphatic hydroxyl groups excluding tert-OH is 2. The van der Waals surface area contributed by atoms with Gasteiger partial charge in [-0.15, -0.1) is 0 Å². The molecule has 198 valence electrons. The lowest BCUT2D eigenvalue weighted by Crippen LogP contribution is -2.65. The van der Waals surface area contributed by atoms with Gasteiger partial charge in [0.25, 0.3) is 0 Å². The number of hydrogen-bond acceptors (Lipinski definition) is 9. The zero-order valence-corrected chi connectivity index (χ0v) is 20.4. The predicted molar refractivity (Wildman–Crippen MR) is 126 cm³/mol. The standard InChI is InChI=1S/C25H39NO9/c1-19(27)26-22-21-7-8-25(35-21,24(29)23(22)28)18-34-16-14-32-12-10-30-9-11-31-13-15-33-17-20-5-3-2-4-6-20/h2-6,21-24,28-29H,7-18H2,1H3,(H,26,27)/t21-,22+,23-,24-,25-/m1/s1. The summed E-state index contributed by atoms with van der Waals surface area (Å²) in [5, 5.41) is 23.7. The summed E-state index contributed by atoms with van der Waals surface area (Å²) in [6, 6.07) is 9.40. The second kappa shape index (κ2) is 14.8. The molecule has 10 nitrogen and oxygen atoms in total. The molecule has 2 bridgehead atoms. The fourth-order valence-electron chi connectivity index (χ4n) is 4.40. The number of carbonyl (C=O) groups excluding carboxylic acids is 1. The van der Waals surface area contributed by atoms with Crippen LogP contribution in [0.25, 0.3) is 0 Å². The van der Waals surface area contributed by atoms with Gasteiger partial charge in [-0.3, -0.25) is 4.79 Å². The largest absolute Gasteiger partial charge is 0.388 e. The molecule has 1 aromatic carbocycles. The molecule has 3 N–H and O–H groups in total. The fourth-order valence-corrected chi connectivity index (χ4v) is 4.40. The molecular formula is C25H39NO9. The van der Waals surface area contributed by atoms with Crippen molar-refractivity contribution in [2.24, 2.45) is 0 Å². The number of aliphatic hydroxyl groups is 2. The van der Waals surface area contributed by atoms with E-state index in [0.29, 0.717) is 72.3 Å². The Morgan fingerprint density at radius 1 is 0.943 bits per heavy atom. The van der Waals surface area contributed by atoms with Crippen molar-refractivity contribution in [1.29, 1.82) is 0 Å². The first-order valence-electron chi connectivity index (χ1n) is 12.3. The zero-order valence-electron chi connectivity index (χ0n) is 20.4. The van der Waals surface area contributed by atoms with Crippen molar-refractivity contribution in [3.8, 4) is 0 Å². The quantitative estimate of drug-likeness (QED) is 0.263. The maximum Gasteiger partial charge on any atom is 0.217 e. The first kappa shape index (κ1) is 27.9. The van der Waals surface area contributed by atoms with E-state index < -0.39 is 23.9 Å². The van der Waals surface area contributed by atoms with Crippen LogP contribution < -0.4 is 5.32 Å². The van der Waals surface area contributed by atoms with E-state index in [-0.39, 0.29) is 18.6 Å². The van der Waals surface area contributed by atoms with E-state index in [9.17, 15) is 15.0 Å². The summed E-state index contributed by atoms with van der Waals surface area (Å²) in [6.07, 6.45) is -1.36. The Bertz CT molecular complexity index is 737. The lowest BCUT2D eigenvalue weighted by molar-refractivity contribution is -0.226. The number of rotatable bonds is 17. The summed E-state index contributed by atoms with van der Waals surface area (Å²) in [4.78, 5) is 11.4. The van der Waals surface area contributed by atoms with Crippen molar-refractivity contribution < 1.29 is 43.4 Å². The number of amides is 1. The van der Waals surface area contributed by atoms with E-state index in [4.69, 9.17) is 28.4 Å². The average Bonchev–Trinajstić information content (AvgIpc) is 3.26. The van der Waals surface area contributed by atoms with Gasteiger partial charge in [-0.25, -0.2) is 0 Å². The highest BCUT2D eigenvalue weighted by atomic mass is 16.6. The molecule has 2 aliphatic heterocycles. The van der Waals surface area contributed by atoms with E-state index in [1.807, 2.05) is 30.3 Å². The molecule has 5 atom stereocenters. The van der Waals surface area contributed by atoms with Gasteiger partial charge in [-0.2, -0.15) is 0 Å². The smallest absolute Gasteiger partial charge is 0.217 e. The van der Waals surface area contributed by atoms with Crippen LogP contribution in [0.2, 0.25) is 0 Å². The number of ether oxygens (including phenoxy) is 6. The van der Waals surface area contributed by atoms with E-state index >= 15 is 0 Å². The summed E-state index contributed by atoms with van der Waals surface area (Å²) < 4.78 is 33.6. The molecule has 2 saturated heterocycles. The monoisotopic (exact) mass is 497 g/mol. The molecule has 2 aliphatic rings. The molecule has 2 heterocycles. The van der Waals surface area contributed by atoms with Crippen molar-refractivity contribution >= 4 is 5.91 Å². The maximum atomic E-state index is 11.4. The third kappa shape index (κ3) is 8.76. The van der Waals surface area contributed by atoms with Crippen LogP contribution in [0.3, 0.4) is 0 Å². The Morgan fingerprint density at radius 3 is 2.11 bits per heavy atom. The van der Waals surface area contributed by atoms with Gasteiger partial charge in [0, 0.05) is 6.92 Å². The van der Waals surface area contributed by atoms with Crippen LogP contribution in [0.1, 0.15) is 25.3 Å². The van der Waals surface area contributed by atoms with Crippen molar-refractivity contribution in [1.82, 2.24) is 5.32 Å². The highest BCUT2D eigenvalue weighted by Gasteiger charge is 2.58. The van der Waals surface area contributed by atoms with Crippen molar-refractivity contribution in [3.63, 3.8) is 0 Å². The first-order chi connectivity index (χ1) is 17.0. The molecule has 0 spiro atoms. The van der Waals surface area contributed by atoms with Gasteiger partial charge in [-0.05, 0) is 18.4 Å². The fraction of sp³-hybridized carbons (Fsp3) is 0.720. The Labute approximate surface area is 206 Å². The summed E-state index contributed by atoms with van der Waals surface area (Å²) in [5.41, 5.74) is 0.193. The molecule has 0 aromatic heterocycles. The number of carbonyl (C=O) groups is 1. The van der Waals surface area contributed by atoms with Gasteiger partial charge in [0.2, 0.25) is 5.91 Å². The lowest BCUT2D eigenvalue weighted by Gasteiger charge is -2.44. The van der Waals surface area contributed by atoms with Gasteiger partial charge in [0.05, 0.1) is 78.2 Å². The molecule has 2 fully saturated rings. The highest BCUT2D eigenvalue weighted by molar-refractivity contribution is 5.73. The summed E-state index contributed by atoms with van der Waals surface area (Å²) in [5.74, 6) is -0.265.